The van der Waals surface area contributed by atoms with Crippen molar-refractivity contribution >= 4 is 45.5 Å². The number of nitrogens with zero attached hydrogens (tertiary/aromatic N) is 4. The maximum absolute atomic E-state index is 13.1. The zero-order valence-corrected chi connectivity index (χ0v) is 18.2. The maximum Gasteiger partial charge on any atom is 0.323 e. The van der Waals surface area contributed by atoms with E-state index in [9.17, 15) is 19.5 Å². The first-order chi connectivity index (χ1) is 15.3. The molecule has 3 aromatic heterocycles. The second-order valence-corrected chi connectivity index (χ2v) is 7.72. The number of benzene rings is 1. The van der Waals surface area contributed by atoms with Crippen LogP contribution in [-0.2, 0) is 24.4 Å². The number of amides is 1. The van der Waals surface area contributed by atoms with E-state index in [-0.39, 0.29) is 17.8 Å². The molecule has 4 aromatic rings. The minimum absolute atomic E-state index is 0.163. The number of hydrogen-bond donors (Lipinski definition) is 2. The number of hydrogen-bond acceptors (Lipinski definition) is 5. The Hall–Kier alpha value is -3.72. The lowest BCUT2D eigenvalue weighted by Crippen LogP contribution is -2.34. The van der Waals surface area contributed by atoms with E-state index in [4.69, 9.17) is 11.6 Å². The van der Waals surface area contributed by atoms with Gasteiger partial charge in [-0.15, -0.1) is 0 Å². The van der Waals surface area contributed by atoms with Crippen LogP contribution < -0.4 is 10.9 Å². The number of pyridine rings is 2. The smallest absolute Gasteiger partial charge is 0.323 e. The van der Waals surface area contributed by atoms with Gasteiger partial charge in [-0.3, -0.25) is 19.0 Å². The third kappa shape index (κ3) is 3.82. The van der Waals surface area contributed by atoms with Crippen molar-refractivity contribution in [3.05, 3.63) is 68.9 Å². The topological polar surface area (TPSA) is 119 Å². The van der Waals surface area contributed by atoms with Gasteiger partial charge in [-0.2, -0.15) is 0 Å². The minimum Gasteiger partial charge on any atom is -0.480 e. The Balaban J connectivity index is 1.87. The molecule has 0 fully saturated rings. The van der Waals surface area contributed by atoms with Crippen LogP contribution in [0.4, 0.5) is 0 Å². The molecule has 1 aromatic carbocycles. The van der Waals surface area contributed by atoms with Crippen LogP contribution in [0.3, 0.4) is 0 Å². The number of rotatable bonds is 6. The monoisotopic (exact) mass is 453 g/mol. The summed E-state index contributed by atoms with van der Waals surface area (Å²) in [5.41, 5.74) is 1.40. The molecule has 3 heterocycles. The normalized spacial score (nSPS) is 11.2. The van der Waals surface area contributed by atoms with Gasteiger partial charge >= 0.3 is 5.97 Å². The number of aromatic nitrogens is 4. The van der Waals surface area contributed by atoms with E-state index >= 15 is 0 Å². The molecule has 0 unspecified atom stereocenters. The van der Waals surface area contributed by atoms with Gasteiger partial charge in [-0.1, -0.05) is 23.7 Å². The zero-order chi connectivity index (χ0) is 23.0. The number of halogens is 1. The molecule has 0 aliphatic heterocycles. The highest BCUT2D eigenvalue weighted by Gasteiger charge is 2.21. The van der Waals surface area contributed by atoms with Gasteiger partial charge in [-0.25, -0.2) is 9.97 Å². The van der Waals surface area contributed by atoms with Gasteiger partial charge in [0.05, 0.1) is 11.7 Å². The molecule has 0 aliphatic carbocycles. The molecule has 0 aliphatic rings. The third-order valence-corrected chi connectivity index (χ3v) is 5.48. The summed E-state index contributed by atoms with van der Waals surface area (Å²) < 4.78 is 2.95. The molecule has 0 saturated carbocycles. The van der Waals surface area contributed by atoms with Crippen LogP contribution >= 0.6 is 11.6 Å². The van der Waals surface area contributed by atoms with Gasteiger partial charge in [-0.05, 0) is 37.6 Å². The van der Waals surface area contributed by atoms with E-state index in [1.165, 1.54) is 12.3 Å². The van der Waals surface area contributed by atoms with Gasteiger partial charge < -0.3 is 15.0 Å². The Morgan fingerprint density at radius 3 is 2.56 bits per heavy atom. The molecular formula is C22H20ClN5O4. The Morgan fingerprint density at radius 1 is 1.19 bits per heavy atom. The lowest BCUT2D eigenvalue weighted by Gasteiger charge is -2.13. The van der Waals surface area contributed by atoms with Crippen LogP contribution in [0, 0.1) is 6.92 Å². The van der Waals surface area contributed by atoms with E-state index < -0.39 is 24.0 Å². The number of aryl methyl sites for hydroxylation is 2. The second kappa shape index (κ2) is 8.43. The fraction of sp³-hybridized carbons (Fsp3) is 0.227. The standard InChI is InChI=1S/C22H20ClN5O4/c1-3-27-12(2)26-17-10-24-20-15(19(17)27)8-16(22(32)28(20)11-18(29)30)21(31)25-9-13-4-6-14(23)7-5-13/h4-8,10H,3,9,11H2,1-2H3,(H,25,31)(H,29,30). The van der Waals surface area contributed by atoms with Crippen molar-refractivity contribution in [2.24, 2.45) is 0 Å². The van der Waals surface area contributed by atoms with Crippen molar-refractivity contribution < 1.29 is 14.7 Å². The van der Waals surface area contributed by atoms with E-state index in [0.29, 0.717) is 28.0 Å². The Bertz CT molecular complexity index is 1420. The summed E-state index contributed by atoms with van der Waals surface area (Å²) >= 11 is 5.89. The summed E-state index contributed by atoms with van der Waals surface area (Å²) in [5.74, 6) is -1.07. The molecule has 32 heavy (non-hydrogen) atoms. The van der Waals surface area contributed by atoms with E-state index in [1.807, 2.05) is 18.4 Å². The quantitative estimate of drug-likeness (QED) is 0.463. The molecular weight excluding hydrogens is 434 g/mol. The highest BCUT2D eigenvalue weighted by atomic mass is 35.5. The second-order valence-electron chi connectivity index (χ2n) is 7.28. The van der Waals surface area contributed by atoms with Crippen LogP contribution in [0.2, 0.25) is 5.02 Å². The number of carboxylic acid groups (broad SMARTS) is 1. The van der Waals surface area contributed by atoms with Crippen molar-refractivity contribution in [3.63, 3.8) is 0 Å². The number of nitrogens with one attached hydrogen (secondary N) is 1. The summed E-state index contributed by atoms with van der Waals surface area (Å²) in [7, 11) is 0. The lowest BCUT2D eigenvalue weighted by atomic mass is 10.1. The van der Waals surface area contributed by atoms with Crippen LogP contribution in [0.25, 0.3) is 22.1 Å². The first kappa shape index (κ1) is 21.5. The molecule has 2 N–H and O–H groups in total. The summed E-state index contributed by atoms with van der Waals surface area (Å²) in [6, 6.07) is 8.41. The number of aliphatic carboxylic acids is 1. The first-order valence-corrected chi connectivity index (χ1v) is 10.3. The molecule has 0 atom stereocenters. The first-order valence-electron chi connectivity index (χ1n) is 9.94. The third-order valence-electron chi connectivity index (χ3n) is 5.23. The number of carboxylic acids is 1. The molecule has 1 amide bonds. The Kier molecular flexibility index (Phi) is 5.67. The predicted molar refractivity (Wildman–Crippen MR) is 120 cm³/mol. The highest BCUT2D eigenvalue weighted by Crippen LogP contribution is 2.25. The predicted octanol–water partition coefficient (Wildman–Crippen LogP) is 2.74. The number of imidazole rings is 1. The molecule has 10 heteroatoms. The average Bonchev–Trinajstić information content (AvgIpc) is 3.09. The van der Waals surface area contributed by atoms with Gasteiger partial charge in [0.15, 0.2) is 0 Å². The van der Waals surface area contributed by atoms with Gasteiger partial charge in [0.1, 0.15) is 29.1 Å². The summed E-state index contributed by atoms with van der Waals surface area (Å²) in [6.07, 6.45) is 1.51. The van der Waals surface area contributed by atoms with E-state index in [0.717, 1.165) is 16.0 Å². The fourth-order valence-corrected chi connectivity index (χ4v) is 3.89. The van der Waals surface area contributed by atoms with Gasteiger partial charge in [0, 0.05) is 23.5 Å². The van der Waals surface area contributed by atoms with Crippen molar-refractivity contribution in [1.29, 1.82) is 0 Å². The van der Waals surface area contributed by atoms with Gasteiger partial charge in [0.25, 0.3) is 11.5 Å². The zero-order valence-electron chi connectivity index (χ0n) is 17.4. The molecule has 4 rings (SSSR count). The minimum atomic E-state index is -1.21. The van der Waals surface area contributed by atoms with Crippen molar-refractivity contribution in [3.8, 4) is 0 Å². The van der Waals surface area contributed by atoms with Crippen LogP contribution in [0.15, 0.2) is 41.3 Å². The number of carbonyl (C=O) groups excluding carboxylic acids is 1. The van der Waals surface area contributed by atoms with Crippen LogP contribution in [-0.4, -0.2) is 36.1 Å². The van der Waals surface area contributed by atoms with Crippen LogP contribution in [0.1, 0.15) is 28.7 Å². The SMILES string of the molecule is CCn1c(C)nc2cnc3c(cc(C(=O)NCc4ccc(Cl)cc4)c(=O)n3CC(=O)O)c21. The largest absolute Gasteiger partial charge is 0.480 e. The van der Waals surface area contributed by atoms with Crippen molar-refractivity contribution in [2.75, 3.05) is 0 Å². The Labute approximate surface area is 187 Å². The number of fused-ring (bicyclic) bond motifs is 3. The molecule has 9 nitrogen and oxygen atoms in total. The molecule has 0 saturated heterocycles. The van der Waals surface area contributed by atoms with Crippen molar-refractivity contribution in [2.45, 2.75) is 33.5 Å². The highest BCUT2D eigenvalue weighted by molar-refractivity contribution is 6.30. The molecule has 0 bridgehead atoms. The molecule has 0 spiro atoms. The summed E-state index contributed by atoms with van der Waals surface area (Å²) in [5, 5.41) is 13.1. The molecule has 164 valence electrons. The number of carbonyl (C=O) groups is 2. The maximum atomic E-state index is 13.1. The van der Waals surface area contributed by atoms with Crippen LogP contribution in [0.5, 0.6) is 0 Å². The summed E-state index contributed by atoms with van der Waals surface area (Å²) in [4.78, 5) is 46.3. The lowest BCUT2D eigenvalue weighted by molar-refractivity contribution is -0.137. The average molecular weight is 454 g/mol. The fourth-order valence-electron chi connectivity index (χ4n) is 3.77. The van der Waals surface area contributed by atoms with E-state index in [1.54, 1.807) is 24.3 Å². The van der Waals surface area contributed by atoms with Crippen molar-refractivity contribution in [1.82, 2.24) is 24.4 Å². The van der Waals surface area contributed by atoms with Gasteiger partial charge in [0.2, 0.25) is 0 Å². The van der Waals surface area contributed by atoms with E-state index in [2.05, 4.69) is 15.3 Å². The Morgan fingerprint density at radius 2 is 1.91 bits per heavy atom. The summed E-state index contributed by atoms with van der Waals surface area (Å²) in [6.45, 7) is 3.97. The molecule has 0 radical (unpaired) electrons.